The molecule has 1 aliphatic rings. The minimum Gasteiger partial charge on any atom is -0.444 e. The van der Waals surface area contributed by atoms with Crippen LogP contribution >= 0.6 is 27.3 Å². The second kappa shape index (κ2) is 8.79. The minimum atomic E-state index is -0.391. The van der Waals surface area contributed by atoms with Gasteiger partial charge < -0.3 is 14.6 Å². The van der Waals surface area contributed by atoms with Crippen molar-refractivity contribution in [2.45, 2.75) is 19.9 Å². The lowest BCUT2D eigenvalue weighted by Crippen LogP contribution is -2.50. The average molecular weight is 441 g/mol. The molecule has 9 heteroatoms. The molecule has 1 aliphatic heterocycles. The van der Waals surface area contributed by atoms with Crippen molar-refractivity contribution in [3.05, 3.63) is 38.6 Å². The van der Waals surface area contributed by atoms with Crippen LogP contribution in [-0.2, 0) is 17.8 Å². The Morgan fingerprint density at radius 3 is 2.69 bits per heavy atom. The van der Waals surface area contributed by atoms with Crippen LogP contribution in [0.3, 0.4) is 0 Å². The van der Waals surface area contributed by atoms with E-state index in [-0.39, 0.29) is 18.2 Å². The summed E-state index contributed by atoms with van der Waals surface area (Å²) in [7, 11) is 0. The molecule has 0 radical (unpaired) electrons. The van der Waals surface area contributed by atoms with Gasteiger partial charge in [0.1, 0.15) is 0 Å². The first-order valence-corrected chi connectivity index (χ1v) is 10.2. The highest BCUT2D eigenvalue weighted by Gasteiger charge is 2.22. The number of piperazine rings is 1. The molecule has 7 nitrogen and oxygen atoms in total. The Kier molecular flexibility index (Phi) is 6.44. The Hall–Kier alpha value is -1.71. The quantitative estimate of drug-likeness (QED) is 0.743. The summed E-state index contributed by atoms with van der Waals surface area (Å²) in [6.07, 6.45) is 0.966. The molecule has 1 saturated heterocycles. The van der Waals surface area contributed by atoms with E-state index < -0.39 is 5.91 Å². The van der Waals surface area contributed by atoms with E-state index >= 15 is 0 Å². The number of aryl methyl sites for hydroxylation is 1. The number of carbonyl (C=O) groups excluding carboxylic acids is 2. The van der Waals surface area contributed by atoms with Crippen LogP contribution in [-0.4, -0.2) is 59.3 Å². The minimum absolute atomic E-state index is 0.0247. The van der Waals surface area contributed by atoms with Crippen LogP contribution in [0.5, 0.6) is 0 Å². The lowest BCUT2D eigenvalue weighted by Gasteiger charge is -2.34. The van der Waals surface area contributed by atoms with Crippen molar-refractivity contribution in [3.63, 3.8) is 0 Å². The number of nitrogens with zero attached hydrogens (tertiary/aromatic N) is 3. The average Bonchev–Trinajstić information content (AvgIpc) is 3.29. The molecule has 2 aromatic heterocycles. The normalized spacial score (nSPS) is 15.2. The standard InChI is InChI=1S/C17H21BrN4O3S/c1-2-15-20-12(11-26-15)10-21-5-7-22(8-6-21)16(23)9-19-17(24)13-3-4-14(18)25-13/h3-4,11H,2,5-10H2,1H3,(H,19,24). The van der Waals surface area contributed by atoms with Crippen molar-refractivity contribution in [3.8, 4) is 0 Å². The number of amides is 2. The third-order valence-electron chi connectivity index (χ3n) is 4.21. The molecule has 140 valence electrons. The topological polar surface area (TPSA) is 78.7 Å². The maximum absolute atomic E-state index is 12.3. The van der Waals surface area contributed by atoms with Gasteiger partial charge in [-0.05, 0) is 34.5 Å². The van der Waals surface area contributed by atoms with Crippen LogP contribution < -0.4 is 5.32 Å². The summed E-state index contributed by atoms with van der Waals surface area (Å²) in [5.41, 5.74) is 1.10. The highest BCUT2D eigenvalue weighted by Crippen LogP contribution is 2.15. The van der Waals surface area contributed by atoms with Crippen LogP contribution in [0.2, 0.25) is 0 Å². The number of rotatable bonds is 6. The van der Waals surface area contributed by atoms with Gasteiger partial charge in [-0.25, -0.2) is 4.98 Å². The molecule has 1 fully saturated rings. The largest absolute Gasteiger partial charge is 0.444 e. The summed E-state index contributed by atoms with van der Waals surface area (Å²) in [5.74, 6) is -0.285. The van der Waals surface area contributed by atoms with Gasteiger partial charge in [-0.3, -0.25) is 14.5 Å². The van der Waals surface area contributed by atoms with Gasteiger partial charge in [0.05, 0.1) is 17.2 Å². The fraction of sp³-hybridized carbons (Fsp3) is 0.471. The molecular weight excluding hydrogens is 420 g/mol. The summed E-state index contributed by atoms with van der Waals surface area (Å²) in [6, 6.07) is 3.20. The van der Waals surface area contributed by atoms with Crippen molar-refractivity contribution >= 4 is 39.1 Å². The number of hydrogen-bond acceptors (Lipinski definition) is 6. The predicted octanol–water partition coefficient (Wildman–Crippen LogP) is 2.14. The number of halogens is 1. The molecule has 0 saturated carbocycles. The highest BCUT2D eigenvalue weighted by atomic mass is 79.9. The maximum Gasteiger partial charge on any atom is 0.287 e. The zero-order valence-corrected chi connectivity index (χ0v) is 16.9. The summed E-state index contributed by atoms with van der Waals surface area (Å²) in [4.78, 5) is 32.9. The molecule has 0 unspecified atom stereocenters. The number of hydrogen-bond donors (Lipinski definition) is 1. The maximum atomic E-state index is 12.3. The molecule has 0 spiro atoms. The van der Waals surface area contributed by atoms with Crippen LogP contribution in [0, 0.1) is 0 Å². The van der Waals surface area contributed by atoms with E-state index in [1.54, 1.807) is 28.4 Å². The lowest BCUT2D eigenvalue weighted by molar-refractivity contribution is -0.131. The number of thiazole rings is 1. The zero-order valence-electron chi connectivity index (χ0n) is 14.5. The number of nitrogens with one attached hydrogen (secondary N) is 1. The van der Waals surface area contributed by atoms with Gasteiger partial charge in [-0.1, -0.05) is 6.92 Å². The molecule has 2 aromatic rings. The smallest absolute Gasteiger partial charge is 0.287 e. The highest BCUT2D eigenvalue weighted by molar-refractivity contribution is 9.10. The van der Waals surface area contributed by atoms with Crippen LogP contribution in [0.4, 0.5) is 0 Å². The van der Waals surface area contributed by atoms with E-state index in [0.29, 0.717) is 17.8 Å². The summed E-state index contributed by atoms with van der Waals surface area (Å²) >= 11 is 4.85. The lowest BCUT2D eigenvalue weighted by atomic mass is 10.3. The van der Waals surface area contributed by atoms with Gasteiger partial charge >= 0.3 is 0 Å². The predicted molar refractivity (Wildman–Crippen MR) is 102 cm³/mol. The fourth-order valence-electron chi connectivity index (χ4n) is 2.76. The molecule has 0 bridgehead atoms. The molecule has 0 atom stereocenters. The van der Waals surface area contributed by atoms with Gasteiger partial charge in [-0.2, -0.15) is 0 Å². The molecular formula is C17H21BrN4O3S. The second-order valence-corrected chi connectivity index (χ2v) is 7.75. The summed E-state index contributed by atoms with van der Waals surface area (Å²) in [5, 5.41) is 5.87. The number of furan rings is 1. The van der Waals surface area contributed by atoms with Crippen LogP contribution in [0.25, 0.3) is 0 Å². The van der Waals surface area contributed by atoms with Gasteiger partial charge in [0.25, 0.3) is 5.91 Å². The first kappa shape index (κ1) is 19.1. The van der Waals surface area contributed by atoms with Gasteiger partial charge in [0.15, 0.2) is 10.4 Å². The van der Waals surface area contributed by atoms with Crippen molar-refractivity contribution < 1.29 is 14.0 Å². The van der Waals surface area contributed by atoms with Crippen molar-refractivity contribution in [1.29, 1.82) is 0 Å². The Labute approximate surface area is 164 Å². The monoisotopic (exact) mass is 440 g/mol. The van der Waals surface area contributed by atoms with E-state index in [1.165, 1.54) is 0 Å². The van der Waals surface area contributed by atoms with Gasteiger partial charge in [-0.15, -0.1) is 11.3 Å². The Morgan fingerprint density at radius 2 is 2.08 bits per heavy atom. The first-order valence-electron chi connectivity index (χ1n) is 8.52. The molecule has 2 amide bonds. The molecule has 0 aromatic carbocycles. The van der Waals surface area contributed by atoms with Crippen molar-refractivity contribution in [1.82, 2.24) is 20.1 Å². The molecule has 26 heavy (non-hydrogen) atoms. The van der Waals surface area contributed by atoms with E-state index in [9.17, 15) is 9.59 Å². The zero-order chi connectivity index (χ0) is 18.5. The Balaban J connectivity index is 1.41. The third kappa shape index (κ3) is 4.93. The van der Waals surface area contributed by atoms with E-state index in [1.807, 2.05) is 0 Å². The number of aromatic nitrogens is 1. The summed E-state index contributed by atoms with van der Waals surface area (Å²) < 4.78 is 5.65. The SMILES string of the molecule is CCc1nc(CN2CCN(C(=O)CNC(=O)c3ccc(Br)o3)CC2)cs1. The molecule has 3 heterocycles. The van der Waals surface area contributed by atoms with Crippen molar-refractivity contribution in [2.24, 2.45) is 0 Å². The van der Waals surface area contributed by atoms with E-state index in [4.69, 9.17) is 4.42 Å². The Morgan fingerprint density at radius 1 is 1.31 bits per heavy atom. The Bertz CT molecular complexity index is 768. The van der Waals surface area contributed by atoms with Gasteiger partial charge in [0, 0.05) is 38.1 Å². The fourth-order valence-corrected chi connectivity index (χ4v) is 3.80. The molecule has 1 N–H and O–H groups in total. The van der Waals surface area contributed by atoms with Crippen molar-refractivity contribution in [2.75, 3.05) is 32.7 Å². The molecule has 0 aliphatic carbocycles. The van der Waals surface area contributed by atoms with Gasteiger partial charge in [0.2, 0.25) is 5.91 Å². The first-order chi connectivity index (χ1) is 12.5. The second-order valence-electron chi connectivity index (χ2n) is 6.03. The molecule has 3 rings (SSSR count). The van der Waals surface area contributed by atoms with Crippen LogP contribution in [0.15, 0.2) is 26.6 Å². The third-order valence-corrected chi connectivity index (χ3v) is 5.68. The van der Waals surface area contributed by atoms with Crippen LogP contribution in [0.1, 0.15) is 28.2 Å². The summed E-state index contributed by atoms with van der Waals surface area (Å²) in [6.45, 7) is 5.84. The van der Waals surface area contributed by atoms with E-state index in [2.05, 4.69) is 43.4 Å². The van der Waals surface area contributed by atoms with E-state index in [0.717, 1.165) is 36.8 Å². The number of carbonyl (C=O) groups is 2.